The summed E-state index contributed by atoms with van der Waals surface area (Å²) in [7, 11) is -2.97. The zero-order valence-electron chi connectivity index (χ0n) is 15.8. The van der Waals surface area contributed by atoms with Gasteiger partial charge >= 0.3 is 0 Å². The molecule has 1 saturated heterocycles. The van der Waals surface area contributed by atoms with E-state index < -0.39 is 13.1 Å². The third-order valence-electron chi connectivity index (χ3n) is 4.88. The predicted octanol–water partition coefficient (Wildman–Crippen LogP) is 2.75. The molecule has 9 heteroatoms. The lowest BCUT2D eigenvalue weighted by Gasteiger charge is -2.24. The SMILES string of the molecule is Cc1ccc(NCC(c2nc(O)c(C)[nH]2)P2(=O)N[C@@H](C)[C@@H](C)N2)c(C)n1. The van der Waals surface area contributed by atoms with Crippen molar-refractivity contribution in [3.8, 4) is 5.88 Å². The van der Waals surface area contributed by atoms with Crippen molar-refractivity contribution >= 4 is 13.1 Å². The molecule has 1 aliphatic heterocycles. The van der Waals surface area contributed by atoms with Crippen LogP contribution in [-0.4, -0.2) is 38.7 Å². The van der Waals surface area contributed by atoms with Crippen molar-refractivity contribution < 1.29 is 9.67 Å². The number of hydrogen-bond acceptors (Lipinski definition) is 5. The Morgan fingerprint density at radius 1 is 1.19 bits per heavy atom. The average molecular weight is 378 g/mol. The van der Waals surface area contributed by atoms with Crippen LogP contribution in [0.4, 0.5) is 5.69 Å². The topological polar surface area (TPSA) is 115 Å². The monoisotopic (exact) mass is 378 g/mol. The van der Waals surface area contributed by atoms with Gasteiger partial charge in [0.05, 0.1) is 17.1 Å². The fourth-order valence-corrected chi connectivity index (χ4v) is 6.06. The van der Waals surface area contributed by atoms with Gasteiger partial charge in [-0.05, 0) is 46.8 Å². The molecule has 0 aliphatic carbocycles. The molecule has 8 nitrogen and oxygen atoms in total. The number of H-pyrrole nitrogens is 1. The summed E-state index contributed by atoms with van der Waals surface area (Å²) >= 11 is 0. The Morgan fingerprint density at radius 3 is 2.38 bits per heavy atom. The number of aromatic hydroxyl groups is 1. The minimum atomic E-state index is -2.97. The molecule has 0 aromatic carbocycles. The Hall–Kier alpha value is -1.89. The molecule has 0 bridgehead atoms. The first kappa shape index (κ1) is 18.9. The van der Waals surface area contributed by atoms with E-state index in [0.29, 0.717) is 18.1 Å². The van der Waals surface area contributed by atoms with Crippen molar-refractivity contribution in [2.24, 2.45) is 0 Å². The van der Waals surface area contributed by atoms with Crippen molar-refractivity contribution in [3.05, 3.63) is 35.0 Å². The number of aromatic amines is 1. The molecular weight excluding hydrogens is 351 g/mol. The number of pyridine rings is 1. The van der Waals surface area contributed by atoms with Crippen molar-refractivity contribution in [1.82, 2.24) is 25.1 Å². The van der Waals surface area contributed by atoms with Crippen LogP contribution in [0, 0.1) is 20.8 Å². The Morgan fingerprint density at radius 2 is 1.85 bits per heavy atom. The molecule has 2 aromatic rings. The first-order valence-corrected chi connectivity index (χ1v) is 10.6. The van der Waals surface area contributed by atoms with E-state index in [0.717, 1.165) is 17.1 Å². The number of rotatable bonds is 5. The van der Waals surface area contributed by atoms with Gasteiger partial charge in [0.25, 0.3) is 0 Å². The molecule has 5 N–H and O–H groups in total. The third-order valence-corrected chi connectivity index (χ3v) is 7.77. The van der Waals surface area contributed by atoms with Crippen LogP contribution in [0.25, 0.3) is 0 Å². The highest BCUT2D eigenvalue weighted by atomic mass is 31.2. The van der Waals surface area contributed by atoms with Gasteiger partial charge in [-0.2, -0.15) is 4.98 Å². The molecule has 1 fully saturated rings. The number of hydrogen-bond donors (Lipinski definition) is 5. The Balaban J connectivity index is 1.89. The zero-order valence-corrected chi connectivity index (χ0v) is 16.7. The maximum Gasteiger partial charge on any atom is 0.232 e. The van der Waals surface area contributed by atoms with Crippen molar-refractivity contribution in [2.75, 3.05) is 11.9 Å². The fraction of sp³-hybridized carbons (Fsp3) is 0.529. The van der Waals surface area contributed by atoms with Crippen LogP contribution in [0.5, 0.6) is 5.88 Å². The van der Waals surface area contributed by atoms with Crippen LogP contribution in [0.1, 0.15) is 42.4 Å². The molecule has 2 aromatic heterocycles. The second kappa shape index (κ2) is 7.02. The highest BCUT2D eigenvalue weighted by Gasteiger charge is 2.44. The van der Waals surface area contributed by atoms with Gasteiger partial charge in [-0.3, -0.25) is 19.7 Å². The molecule has 26 heavy (non-hydrogen) atoms. The van der Waals surface area contributed by atoms with Crippen molar-refractivity contribution in [1.29, 1.82) is 0 Å². The molecule has 1 aliphatic rings. The quantitative estimate of drug-likeness (QED) is 0.508. The van der Waals surface area contributed by atoms with Crippen molar-refractivity contribution in [2.45, 2.75) is 52.4 Å². The van der Waals surface area contributed by atoms with E-state index in [1.165, 1.54) is 0 Å². The summed E-state index contributed by atoms with van der Waals surface area (Å²) in [6.07, 6.45) is 0. The standard InChI is InChI=1S/C17H27N6O2P/c1-9-6-7-14(12(4)19-9)18-8-15(16-20-13(5)17(24)21-16)26(25)22-10(2)11(3)23-26/h6-7,10-11,15,18,24H,8H2,1-5H3,(H,20,21)(H2,22,23,25)/t10-,11+,15?,26?. The van der Waals surface area contributed by atoms with Gasteiger partial charge in [0.15, 0.2) is 0 Å². The van der Waals surface area contributed by atoms with Crippen LogP contribution in [0.3, 0.4) is 0 Å². The van der Waals surface area contributed by atoms with E-state index in [-0.39, 0.29) is 18.0 Å². The molecule has 4 atom stereocenters. The van der Waals surface area contributed by atoms with Crippen LogP contribution in [0.2, 0.25) is 0 Å². The average Bonchev–Trinajstić information content (AvgIpc) is 3.01. The lowest BCUT2D eigenvalue weighted by atomic mass is 10.2. The lowest BCUT2D eigenvalue weighted by Crippen LogP contribution is -2.26. The van der Waals surface area contributed by atoms with Crippen LogP contribution in [-0.2, 0) is 4.57 Å². The molecule has 0 amide bonds. The number of anilines is 1. The second-order valence-corrected chi connectivity index (χ2v) is 9.50. The van der Waals surface area contributed by atoms with E-state index >= 15 is 0 Å². The summed E-state index contributed by atoms with van der Waals surface area (Å²) in [5.74, 6) is 0.430. The van der Waals surface area contributed by atoms with Crippen LogP contribution < -0.4 is 15.5 Å². The minimum Gasteiger partial charge on any atom is -0.492 e. The zero-order chi connectivity index (χ0) is 19.1. The van der Waals surface area contributed by atoms with Gasteiger partial charge in [-0.15, -0.1) is 0 Å². The summed E-state index contributed by atoms with van der Waals surface area (Å²) in [4.78, 5) is 11.7. The molecule has 2 unspecified atom stereocenters. The highest BCUT2D eigenvalue weighted by molar-refractivity contribution is 7.60. The van der Waals surface area contributed by atoms with E-state index in [2.05, 4.69) is 30.4 Å². The second-order valence-electron chi connectivity index (χ2n) is 7.05. The summed E-state index contributed by atoms with van der Waals surface area (Å²) in [5, 5.41) is 19.6. The highest BCUT2D eigenvalue weighted by Crippen LogP contribution is 2.55. The smallest absolute Gasteiger partial charge is 0.232 e. The first-order valence-electron chi connectivity index (χ1n) is 8.78. The predicted molar refractivity (Wildman–Crippen MR) is 103 cm³/mol. The Labute approximate surface area is 153 Å². The molecule has 3 rings (SSSR count). The Bertz CT molecular complexity index is 818. The van der Waals surface area contributed by atoms with E-state index in [4.69, 9.17) is 0 Å². The normalized spacial score (nSPS) is 26.8. The maximum atomic E-state index is 13.6. The molecular formula is C17H27N6O2P. The van der Waals surface area contributed by atoms with Gasteiger partial charge in [0, 0.05) is 24.3 Å². The molecule has 0 spiro atoms. The third kappa shape index (κ3) is 3.63. The van der Waals surface area contributed by atoms with Crippen LogP contribution in [0.15, 0.2) is 12.1 Å². The number of aromatic nitrogens is 3. The number of imidazole rings is 1. The van der Waals surface area contributed by atoms with E-state index in [1.807, 2.05) is 39.8 Å². The summed E-state index contributed by atoms with van der Waals surface area (Å²) < 4.78 is 13.6. The number of nitrogens with one attached hydrogen (secondary N) is 4. The van der Waals surface area contributed by atoms with Gasteiger partial charge in [-0.1, -0.05) is 0 Å². The van der Waals surface area contributed by atoms with Gasteiger partial charge in [0.1, 0.15) is 11.5 Å². The van der Waals surface area contributed by atoms with Gasteiger partial charge in [0.2, 0.25) is 13.3 Å². The van der Waals surface area contributed by atoms with E-state index in [9.17, 15) is 9.67 Å². The van der Waals surface area contributed by atoms with Gasteiger partial charge in [-0.25, -0.2) is 0 Å². The largest absolute Gasteiger partial charge is 0.492 e. The van der Waals surface area contributed by atoms with Crippen molar-refractivity contribution in [3.63, 3.8) is 0 Å². The number of aryl methyl sites for hydroxylation is 3. The van der Waals surface area contributed by atoms with Crippen LogP contribution >= 0.6 is 7.44 Å². The first-order chi connectivity index (χ1) is 12.2. The molecule has 0 saturated carbocycles. The summed E-state index contributed by atoms with van der Waals surface area (Å²) in [6, 6.07) is 4.06. The molecule has 0 radical (unpaired) electrons. The number of nitrogens with zero attached hydrogens (tertiary/aromatic N) is 2. The molecule has 142 valence electrons. The summed E-state index contributed by atoms with van der Waals surface area (Å²) in [5.41, 5.74) is 2.82. The fourth-order valence-electron chi connectivity index (χ4n) is 3.16. The Kier molecular flexibility index (Phi) is 5.10. The maximum absolute atomic E-state index is 13.6. The lowest BCUT2D eigenvalue weighted by molar-refractivity contribution is 0.451. The van der Waals surface area contributed by atoms with Gasteiger partial charge < -0.3 is 15.4 Å². The minimum absolute atomic E-state index is 0.0647. The molecule has 3 heterocycles. The van der Waals surface area contributed by atoms with E-state index in [1.54, 1.807) is 6.92 Å². The summed E-state index contributed by atoms with van der Waals surface area (Å²) in [6.45, 7) is 10.0.